The van der Waals surface area contributed by atoms with Gasteiger partial charge in [-0.05, 0) is 35.9 Å². The Morgan fingerprint density at radius 3 is 2.81 bits per heavy atom. The van der Waals surface area contributed by atoms with E-state index in [0.717, 1.165) is 5.56 Å². The van der Waals surface area contributed by atoms with Gasteiger partial charge in [-0.15, -0.1) is 11.3 Å². The average molecular weight is 525 g/mol. The fourth-order valence-corrected chi connectivity index (χ4v) is 4.31. The molecule has 0 aliphatic heterocycles. The van der Waals surface area contributed by atoms with E-state index in [1.54, 1.807) is 36.0 Å². The molecule has 1 unspecified atom stereocenters. The van der Waals surface area contributed by atoms with Gasteiger partial charge < -0.3 is 20.1 Å². The van der Waals surface area contributed by atoms with E-state index in [1.165, 1.54) is 35.7 Å². The topological polar surface area (TPSA) is 126 Å². The minimum Gasteiger partial charge on any atom is -0.486 e. The number of H-pyrrole nitrogens is 1. The van der Waals surface area contributed by atoms with E-state index in [1.807, 2.05) is 0 Å². The molecule has 9 nitrogen and oxygen atoms in total. The third-order valence-corrected chi connectivity index (χ3v) is 6.31. The van der Waals surface area contributed by atoms with Crippen molar-refractivity contribution in [2.45, 2.75) is 12.7 Å². The largest absolute Gasteiger partial charge is 0.486 e. The van der Waals surface area contributed by atoms with Gasteiger partial charge in [0, 0.05) is 36.6 Å². The normalized spacial score (nSPS) is 12.0. The number of aliphatic hydroxyl groups excluding tert-OH is 1. The quantitative estimate of drug-likeness (QED) is 0.273. The van der Waals surface area contributed by atoms with Crippen LogP contribution in [0.15, 0.2) is 65.2 Å². The minimum atomic E-state index is -0.727. The zero-order valence-electron chi connectivity index (χ0n) is 18.5. The van der Waals surface area contributed by atoms with Gasteiger partial charge in [-0.3, -0.25) is 14.8 Å². The SMILES string of the molecule is O=c1[nH]c(COc2ccc(F)c(Cl)c2)nc2c(-c3csc(NCC(O)c4ccncc4)n3)nccc12. The van der Waals surface area contributed by atoms with Crippen LogP contribution in [0, 0.1) is 5.82 Å². The van der Waals surface area contributed by atoms with Crippen LogP contribution in [-0.4, -0.2) is 36.6 Å². The fraction of sp³-hybridized carbons (Fsp3) is 0.125. The number of aliphatic hydroxyl groups is 1. The summed E-state index contributed by atoms with van der Waals surface area (Å²) in [5.41, 5.74) is 1.72. The summed E-state index contributed by atoms with van der Waals surface area (Å²) in [7, 11) is 0. The van der Waals surface area contributed by atoms with Gasteiger partial charge in [-0.2, -0.15) is 0 Å². The number of nitrogens with zero attached hydrogens (tertiary/aromatic N) is 4. The molecule has 0 spiro atoms. The number of anilines is 1. The number of halogens is 2. The van der Waals surface area contributed by atoms with Crippen LogP contribution in [0.4, 0.5) is 9.52 Å². The standard InChI is InChI=1S/C24H18ClFN6O3S/c25-16-9-14(1-2-17(16)26)35-11-20-31-21-15(23(34)32-20)5-8-28-22(21)18-12-36-24(30-18)29-10-19(33)13-3-6-27-7-4-13/h1-9,12,19,33H,10-11H2,(H,29,30)(H,31,32,34). The van der Waals surface area contributed by atoms with Gasteiger partial charge in [0.05, 0.1) is 16.5 Å². The number of aromatic amines is 1. The van der Waals surface area contributed by atoms with E-state index in [4.69, 9.17) is 16.3 Å². The van der Waals surface area contributed by atoms with Crippen molar-refractivity contribution in [1.29, 1.82) is 0 Å². The lowest BCUT2D eigenvalue weighted by Crippen LogP contribution is -2.14. The van der Waals surface area contributed by atoms with Crippen molar-refractivity contribution in [3.63, 3.8) is 0 Å². The van der Waals surface area contributed by atoms with E-state index >= 15 is 0 Å². The van der Waals surface area contributed by atoms with Crippen LogP contribution < -0.4 is 15.6 Å². The molecule has 5 rings (SSSR count). The van der Waals surface area contributed by atoms with Crippen LogP contribution >= 0.6 is 22.9 Å². The molecule has 1 atom stereocenters. The van der Waals surface area contributed by atoms with E-state index in [2.05, 4.69) is 30.2 Å². The van der Waals surface area contributed by atoms with Crippen molar-refractivity contribution in [3.05, 3.63) is 93.0 Å². The number of hydrogen-bond donors (Lipinski definition) is 3. The number of ether oxygens (including phenoxy) is 1. The first kappa shape index (κ1) is 23.8. The molecule has 0 radical (unpaired) electrons. The number of nitrogens with one attached hydrogen (secondary N) is 2. The molecule has 0 saturated heterocycles. The first-order valence-electron chi connectivity index (χ1n) is 10.7. The molecule has 0 aliphatic rings. The second kappa shape index (κ2) is 10.4. The number of benzene rings is 1. The van der Waals surface area contributed by atoms with Gasteiger partial charge in [0.2, 0.25) is 0 Å². The van der Waals surface area contributed by atoms with Crippen LogP contribution in [0.5, 0.6) is 5.75 Å². The fourth-order valence-electron chi connectivity index (χ4n) is 3.44. The molecular weight excluding hydrogens is 507 g/mol. The summed E-state index contributed by atoms with van der Waals surface area (Å²) in [6, 6.07) is 9.04. The second-order valence-corrected chi connectivity index (χ2v) is 8.91. The molecule has 4 aromatic heterocycles. The van der Waals surface area contributed by atoms with Crippen LogP contribution in [-0.2, 0) is 6.61 Å². The number of thiazole rings is 1. The highest BCUT2D eigenvalue weighted by Crippen LogP contribution is 2.28. The van der Waals surface area contributed by atoms with Crippen molar-refractivity contribution >= 4 is 39.0 Å². The van der Waals surface area contributed by atoms with Gasteiger partial charge in [-0.1, -0.05) is 11.6 Å². The van der Waals surface area contributed by atoms with Crippen molar-refractivity contribution in [3.8, 4) is 17.1 Å². The number of hydrogen-bond acceptors (Lipinski definition) is 9. The maximum Gasteiger partial charge on any atom is 0.258 e. The van der Waals surface area contributed by atoms with Crippen molar-refractivity contribution in [2.24, 2.45) is 0 Å². The second-order valence-electron chi connectivity index (χ2n) is 7.65. The Kier molecular flexibility index (Phi) is 6.85. The van der Waals surface area contributed by atoms with E-state index in [9.17, 15) is 14.3 Å². The average Bonchev–Trinajstić information content (AvgIpc) is 3.37. The number of pyridine rings is 2. The Labute approximate surface area is 212 Å². The zero-order chi connectivity index (χ0) is 25.1. The molecule has 1 aromatic carbocycles. The minimum absolute atomic E-state index is 0.0693. The Morgan fingerprint density at radius 2 is 2.00 bits per heavy atom. The summed E-state index contributed by atoms with van der Waals surface area (Å²) in [6.45, 7) is 0.185. The van der Waals surface area contributed by atoms with Crippen LogP contribution in [0.25, 0.3) is 22.3 Å². The predicted octanol–water partition coefficient (Wildman–Crippen LogP) is 4.35. The zero-order valence-corrected chi connectivity index (χ0v) is 20.1. The Balaban J connectivity index is 1.37. The first-order chi connectivity index (χ1) is 17.5. The van der Waals surface area contributed by atoms with Crippen LogP contribution in [0.2, 0.25) is 5.02 Å². The number of rotatable bonds is 8. The van der Waals surface area contributed by atoms with Gasteiger partial charge in [-0.25, -0.2) is 14.4 Å². The highest BCUT2D eigenvalue weighted by atomic mass is 35.5. The summed E-state index contributed by atoms with van der Waals surface area (Å²) in [4.78, 5) is 32.8. The molecule has 0 amide bonds. The van der Waals surface area contributed by atoms with E-state index in [-0.39, 0.29) is 29.6 Å². The van der Waals surface area contributed by atoms with Crippen molar-refractivity contribution in [2.75, 3.05) is 11.9 Å². The first-order valence-corrected chi connectivity index (χ1v) is 12.0. The molecule has 182 valence electrons. The highest BCUT2D eigenvalue weighted by molar-refractivity contribution is 7.14. The lowest BCUT2D eigenvalue weighted by Gasteiger charge is -2.11. The highest BCUT2D eigenvalue weighted by Gasteiger charge is 2.15. The summed E-state index contributed by atoms with van der Waals surface area (Å²) in [5.74, 6) is 0.0388. The molecular formula is C24H18ClFN6O3S. The Hall–Kier alpha value is -3.93. The van der Waals surface area contributed by atoms with Gasteiger partial charge in [0.1, 0.15) is 40.9 Å². The Bertz CT molecular complexity index is 1580. The van der Waals surface area contributed by atoms with Gasteiger partial charge in [0.25, 0.3) is 5.56 Å². The molecule has 4 heterocycles. The molecule has 3 N–H and O–H groups in total. The molecule has 5 aromatic rings. The molecule has 0 aliphatic carbocycles. The molecule has 0 fully saturated rings. The molecule has 0 bridgehead atoms. The Morgan fingerprint density at radius 1 is 1.17 bits per heavy atom. The summed E-state index contributed by atoms with van der Waals surface area (Å²) < 4.78 is 19.0. The lowest BCUT2D eigenvalue weighted by molar-refractivity contribution is 0.191. The van der Waals surface area contributed by atoms with E-state index < -0.39 is 11.9 Å². The van der Waals surface area contributed by atoms with Crippen molar-refractivity contribution in [1.82, 2.24) is 24.9 Å². The summed E-state index contributed by atoms with van der Waals surface area (Å²) >= 11 is 7.14. The maximum absolute atomic E-state index is 13.4. The third kappa shape index (κ3) is 5.18. The van der Waals surface area contributed by atoms with Crippen molar-refractivity contribution < 1.29 is 14.2 Å². The predicted molar refractivity (Wildman–Crippen MR) is 135 cm³/mol. The third-order valence-electron chi connectivity index (χ3n) is 5.22. The summed E-state index contributed by atoms with van der Waals surface area (Å²) in [5, 5.41) is 16.1. The molecule has 0 saturated carbocycles. The molecule has 12 heteroatoms. The van der Waals surface area contributed by atoms with Gasteiger partial charge >= 0.3 is 0 Å². The smallest absolute Gasteiger partial charge is 0.258 e. The lowest BCUT2D eigenvalue weighted by atomic mass is 10.1. The number of fused-ring (bicyclic) bond motifs is 1. The molecule has 36 heavy (non-hydrogen) atoms. The van der Waals surface area contributed by atoms with Crippen LogP contribution in [0.3, 0.4) is 0 Å². The van der Waals surface area contributed by atoms with E-state index in [0.29, 0.717) is 33.2 Å². The summed E-state index contributed by atoms with van der Waals surface area (Å²) in [6.07, 6.45) is 4.03. The maximum atomic E-state index is 13.4. The van der Waals surface area contributed by atoms with Gasteiger partial charge in [0.15, 0.2) is 5.13 Å². The van der Waals surface area contributed by atoms with Crippen LogP contribution in [0.1, 0.15) is 17.5 Å². The monoisotopic (exact) mass is 524 g/mol. The number of aromatic nitrogens is 5.